The van der Waals surface area contributed by atoms with Crippen LogP contribution in [-0.2, 0) is 22.8 Å². The summed E-state index contributed by atoms with van der Waals surface area (Å²) in [4.78, 5) is 12.8. The summed E-state index contributed by atoms with van der Waals surface area (Å²) in [6.45, 7) is 12.6. The Labute approximate surface area is 266 Å². The van der Waals surface area contributed by atoms with Gasteiger partial charge in [0.15, 0.2) is 0 Å². The molecule has 0 aromatic heterocycles. The molecule has 0 saturated heterocycles. The Kier molecular flexibility index (Phi) is 12.5. The molecule has 3 fully saturated rings. The van der Waals surface area contributed by atoms with Crippen molar-refractivity contribution in [2.75, 3.05) is 21.3 Å². The van der Waals surface area contributed by atoms with Crippen molar-refractivity contribution in [1.29, 1.82) is 0 Å². The van der Waals surface area contributed by atoms with E-state index in [0.29, 0.717) is 17.3 Å². The van der Waals surface area contributed by atoms with Crippen LogP contribution in [0.4, 0.5) is 0 Å². The summed E-state index contributed by atoms with van der Waals surface area (Å²) >= 11 is 0. The molecule has 0 aliphatic heterocycles. The molecule has 43 heavy (non-hydrogen) atoms. The van der Waals surface area contributed by atoms with E-state index >= 15 is 0 Å². The Morgan fingerprint density at radius 3 is 2.28 bits per heavy atom. The molecular weight excluding hydrogens is 552 g/mol. The van der Waals surface area contributed by atoms with Crippen LogP contribution in [-0.4, -0.2) is 42.2 Å². The molecule has 0 bridgehead atoms. The first-order valence-electron chi connectivity index (χ1n) is 18.1. The Morgan fingerprint density at radius 1 is 0.860 bits per heavy atom. The fourth-order valence-electron chi connectivity index (χ4n) is 10.6. The fourth-order valence-corrected chi connectivity index (χ4v) is 12.4. The van der Waals surface area contributed by atoms with E-state index in [1.807, 2.05) is 0 Å². The molecule has 4 aliphatic rings. The van der Waals surface area contributed by atoms with Crippen LogP contribution in [0.25, 0.3) is 0 Å². The van der Waals surface area contributed by atoms with Crippen LogP contribution >= 0.6 is 0 Å². The fraction of sp³-hybridized carbons (Fsp3) is 0.919. The third-order valence-electron chi connectivity index (χ3n) is 13.1. The van der Waals surface area contributed by atoms with Crippen molar-refractivity contribution in [3.8, 4) is 0 Å². The third-order valence-corrected chi connectivity index (χ3v) is 15.9. The van der Waals surface area contributed by atoms with Crippen molar-refractivity contribution in [3.63, 3.8) is 0 Å². The second-order valence-corrected chi connectivity index (χ2v) is 18.9. The molecule has 4 aliphatic carbocycles. The summed E-state index contributed by atoms with van der Waals surface area (Å²) in [5.74, 6) is 5.20. The Morgan fingerprint density at radius 2 is 1.58 bits per heavy atom. The van der Waals surface area contributed by atoms with Crippen LogP contribution in [0.3, 0.4) is 0 Å². The van der Waals surface area contributed by atoms with Gasteiger partial charge in [0.2, 0.25) is 0 Å². The summed E-state index contributed by atoms with van der Waals surface area (Å²) in [5, 5.41) is 0. The van der Waals surface area contributed by atoms with Crippen molar-refractivity contribution >= 4 is 14.8 Å². The smallest absolute Gasteiger partial charge is 0.458 e. The molecule has 0 unspecified atom stereocenters. The zero-order valence-corrected chi connectivity index (χ0v) is 30.2. The second-order valence-electron chi connectivity index (χ2n) is 15.8. The topological polar surface area (TPSA) is 54.0 Å². The summed E-state index contributed by atoms with van der Waals surface area (Å²) in [7, 11) is 2.50. The maximum absolute atomic E-state index is 12.8. The molecule has 6 heteroatoms. The summed E-state index contributed by atoms with van der Waals surface area (Å²) in [6.07, 6.45) is 21.5. The minimum Gasteiger partial charge on any atom is -0.458 e. The van der Waals surface area contributed by atoms with Crippen LogP contribution < -0.4 is 0 Å². The van der Waals surface area contributed by atoms with E-state index in [1.54, 1.807) is 26.9 Å². The van der Waals surface area contributed by atoms with Gasteiger partial charge in [-0.1, -0.05) is 72.3 Å². The van der Waals surface area contributed by atoms with Gasteiger partial charge < -0.3 is 18.0 Å². The quantitative estimate of drug-likeness (QED) is 0.0746. The van der Waals surface area contributed by atoms with E-state index in [-0.39, 0.29) is 12.1 Å². The minimum absolute atomic E-state index is 0.0264. The van der Waals surface area contributed by atoms with Gasteiger partial charge >= 0.3 is 14.8 Å². The Bertz CT molecular complexity index is 922. The SMILES string of the molecule is CO[Si](CCCCCCC(=O)O[C@@H]1C=C2CC[C@H]3[C@@H]4CC[C@H]([C@H](C)CCCC(C)C)[C@@]4(C)CC[C@@H]3[C@@]2(C)CC1)(OC)OC. The molecule has 0 aromatic rings. The van der Waals surface area contributed by atoms with Gasteiger partial charge in [-0.15, -0.1) is 0 Å². The first kappa shape index (κ1) is 35.2. The molecule has 0 heterocycles. The van der Waals surface area contributed by atoms with Gasteiger partial charge in [-0.2, -0.15) is 0 Å². The molecule has 248 valence electrons. The zero-order valence-electron chi connectivity index (χ0n) is 29.2. The molecule has 5 nitrogen and oxygen atoms in total. The lowest BCUT2D eigenvalue weighted by Crippen LogP contribution is -2.51. The first-order chi connectivity index (χ1) is 20.5. The number of ether oxygens (including phenoxy) is 1. The van der Waals surface area contributed by atoms with Gasteiger partial charge in [0.05, 0.1) is 0 Å². The largest absolute Gasteiger partial charge is 0.500 e. The van der Waals surface area contributed by atoms with Crippen LogP contribution in [0, 0.1) is 46.3 Å². The maximum atomic E-state index is 12.8. The molecule has 8 atom stereocenters. The number of hydrogen-bond acceptors (Lipinski definition) is 5. The van der Waals surface area contributed by atoms with Crippen LogP contribution in [0.2, 0.25) is 6.04 Å². The molecule has 0 aromatic carbocycles. The van der Waals surface area contributed by atoms with E-state index < -0.39 is 8.80 Å². The number of carbonyl (C=O) groups excluding carboxylic acids is 1. The van der Waals surface area contributed by atoms with Crippen LogP contribution in [0.1, 0.15) is 137 Å². The predicted octanol–water partition coefficient (Wildman–Crippen LogP) is 9.77. The Hall–Kier alpha value is -0.693. The first-order valence-corrected chi connectivity index (χ1v) is 20.0. The highest BCUT2D eigenvalue weighted by molar-refractivity contribution is 6.60. The molecular formula is C37H66O5Si. The minimum atomic E-state index is -2.48. The summed E-state index contributed by atoms with van der Waals surface area (Å²) in [6, 6.07) is 0.815. The number of allylic oxidation sites excluding steroid dienone is 1. The van der Waals surface area contributed by atoms with E-state index in [2.05, 4.69) is 40.7 Å². The van der Waals surface area contributed by atoms with E-state index in [1.165, 1.54) is 64.2 Å². The zero-order chi connectivity index (χ0) is 31.3. The predicted molar refractivity (Wildman–Crippen MR) is 178 cm³/mol. The van der Waals surface area contributed by atoms with Gasteiger partial charge in [-0.3, -0.25) is 4.79 Å². The average molecular weight is 619 g/mol. The highest BCUT2D eigenvalue weighted by atomic mass is 28.4. The van der Waals surface area contributed by atoms with E-state index in [9.17, 15) is 4.79 Å². The molecule has 0 spiro atoms. The highest BCUT2D eigenvalue weighted by Crippen LogP contribution is 2.67. The van der Waals surface area contributed by atoms with Crippen molar-refractivity contribution < 1.29 is 22.8 Å². The van der Waals surface area contributed by atoms with Crippen molar-refractivity contribution in [1.82, 2.24) is 0 Å². The van der Waals surface area contributed by atoms with E-state index in [0.717, 1.165) is 73.7 Å². The molecule has 0 amide bonds. The second kappa shape index (κ2) is 15.3. The van der Waals surface area contributed by atoms with E-state index in [4.69, 9.17) is 18.0 Å². The summed E-state index contributed by atoms with van der Waals surface area (Å²) in [5.41, 5.74) is 2.46. The number of esters is 1. The maximum Gasteiger partial charge on any atom is 0.500 e. The number of hydrogen-bond donors (Lipinski definition) is 0. The summed E-state index contributed by atoms with van der Waals surface area (Å²) < 4.78 is 22.6. The molecule has 0 N–H and O–H groups in total. The molecule has 3 saturated carbocycles. The van der Waals surface area contributed by atoms with Gasteiger partial charge in [-0.05, 0) is 117 Å². The van der Waals surface area contributed by atoms with Gasteiger partial charge in [0, 0.05) is 33.8 Å². The number of unbranched alkanes of at least 4 members (excludes halogenated alkanes) is 3. The standard InChI is InChI=1S/C37H66O5Si/c1-27(2)14-13-15-28(3)32-19-20-33-31-18-17-29-26-30(21-23-36(29,4)34(31)22-24-37(32,33)5)42-35(38)16-11-9-10-12-25-43(39-6,40-7)41-8/h26-28,30-34H,9-25H2,1-8H3/t28-,30+,31+,32-,33+,34+,36+,37-/m1/s1. The third kappa shape index (κ3) is 7.83. The lowest BCUT2D eigenvalue weighted by Gasteiger charge is -2.59. The molecule has 0 radical (unpaired) electrons. The van der Waals surface area contributed by atoms with Crippen molar-refractivity contribution in [2.45, 2.75) is 149 Å². The number of rotatable bonds is 16. The molecule has 4 rings (SSSR count). The van der Waals surface area contributed by atoms with Crippen molar-refractivity contribution in [2.24, 2.45) is 46.3 Å². The lowest BCUT2D eigenvalue weighted by molar-refractivity contribution is -0.148. The average Bonchev–Trinajstić information content (AvgIpc) is 3.34. The monoisotopic (exact) mass is 618 g/mol. The number of carbonyl (C=O) groups is 1. The normalized spacial score (nSPS) is 34.7. The Balaban J connectivity index is 1.25. The van der Waals surface area contributed by atoms with Gasteiger partial charge in [0.1, 0.15) is 6.10 Å². The van der Waals surface area contributed by atoms with Crippen LogP contribution in [0.5, 0.6) is 0 Å². The highest BCUT2D eigenvalue weighted by Gasteiger charge is 2.59. The van der Waals surface area contributed by atoms with Crippen molar-refractivity contribution in [3.05, 3.63) is 11.6 Å². The van der Waals surface area contributed by atoms with Crippen LogP contribution in [0.15, 0.2) is 11.6 Å². The van der Waals surface area contributed by atoms with Gasteiger partial charge in [-0.25, -0.2) is 0 Å². The van der Waals surface area contributed by atoms with Gasteiger partial charge in [0.25, 0.3) is 0 Å². The number of fused-ring (bicyclic) bond motifs is 5. The lowest BCUT2D eigenvalue weighted by atomic mass is 9.46.